The fourth-order valence-electron chi connectivity index (χ4n) is 4.22. The maximum atomic E-state index is 13.5. The van der Waals surface area contributed by atoms with Crippen molar-refractivity contribution >= 4 is 58.0 Å². The Hall–Kier alpha value is -4.95. The molecule has 0 aromatic heterocycles. The Morgan fingerprint density at radius 3 is 2.38 bits per heavy atom. The van der Waals surface area contributed by atoms with E-state index in [1.807, 2.05) is 48.5 Å². The number of methoxy groups -OCH3 is 1. The van der Waals surface area contributed by atoms with Crippen LogP contribution in [0.5, 0.6) is 5.75 Å². The molecule has 4 aromatic rings. The van der Waals surface area contributed by atoms with Gasteiger partial charge in [0.05, 0.1) is 18.4 Å². The summed E-state index contributed by atoms with van der Waals surface area (Å²) in [5.74, 6) is -1.79. The molecule has 0 spiro atoms. The molecular formula is C30H21ClN2O6. The number of nitrogens with one attached hydrogen (secondary N) is 1. The quantitative estimate of drug-likeness (QED) is 0.196. The summed E-state index contributed by atoms with van der Waals surface area (Å²) >= 11 is 6.29. The molecule has 5 rings (SSSR count). The van der Waals surface area contributed by atoms with Crippen molar-refractivity contribution in [2.45, 2.75) is 6.61 Å². The lowest BCUT2D eigenvalue weighted by Crippen LogP contribution is -2.54. The number of hydrogen-bond acceptors (Lipinski definition) is 6. The lowest BCUT2D eigenvalue weighted by Gasteiger charge is -2.26. The van der Waals surface area contributed by atoms with Gasteiger partial charge < -0.3 is 9.47 Å². The molecule has 1 aliphatic heterocycles. The highest BCUT2D eigenvalue weighted by atomic mass is 35.5. The molecule has 1 N–H and O–H groups in total. The lowest BCUT2D eigenvalue weighted by atomic mass is 9.99. The van der Waals surface area contributed by atoms with Gasteiger partial charge in [-0.3, -0.25) is 14.9 Å². The number of anilines is 1. The fourth-order valence-corrected chi connectivity index (χ4v) is 4.41. The second kappa shape index (κ2) is 10.8. The van der Waals surface area contributed by atoms with Gasteiger partial charge in [0.25, 0.3) is 11.8 Å². The van der Waals surface area contributed by atoms with Crippen LogP contribution < -0.4 is 15.0 Å². The third kappa shape index (κ3) is 5.10. The van der Waals surface area contributed by atoms with Crippen LogP contribution in [0.2, 0.25) is 5.02 Å². The first-order valence-corrected chi connectivity index (χ1v) is 12.2. The van der Waals surface area contributed by atoms with Gasteiger partial charge in [-0.05, 0) is 53.2 Å². The number of fused-ring (bicyclic) bond motifs is 1. The van der Waals surface area contributed by atoms with Crippen molar-refractivity contribution < 1.29 is 28.7 Å². The molecule has 4 amide bonds. The van der Waals surface area contributed by atoms with Crippen LogP contribution in [0.15, 0.2) is 90.5 Å². The highest BCUT2D eigenvalue weighted by Crippen LogP contribution is 2.33. The monoisotopic (exact) mass is 540 g/mol. The van der Waals surface area contributed by atoms with Gasteiger partial charge in [0, 0.05) is 16.1 Å². The van der Waals surface area contributed by atoms with Gasteiger partial charge in [-0.2, -0.15) is 0 Å². The molecule has 0 saturated carbocycles. The number of carbonyl (C=O) groups excluding carboxylic acids is 4. The zero-order chi connectivity index (χ0) is 27.5. The van der Waals surface area contributed by atoms with Crippen LogP contribution in [0.3, 0.4) is 0 Å². The number of barbiturate groups is 1. The molecule has 194 valence electrons. The average Bonchev–Trinajstić information content (AvgIpc) is 2.95. The molecule has 0 bridgehead atoms. The third-order valence-corrected chi connectivity index (χ3v) is 6.58. The van der Waals surface area contributed by atoms with Crippen LogP contribution >= 0.6 is 11.6 Å². The van der Waals surface area contributed by atoms with E-state index in [2.05, 4.69) is 5.32 Å². The molecule has 1 fully saturated rings. The van der Waals surface area contributed by atoms with Crippen molar-refractivity contribution in [3.8, 4) is 5.75 Å². The van der Waals surface area contributed by atoms with Crippen LogP contribution in [0.1, 0.15) is 21.5 Å². The lowest BCUT2D eigenvalue weighted by molar-refractivity contribution is -0.122. The number of urea groups is 1. The smallest absolute Gasteiger partial charge is 0.337 e. The van der Waals surface area contributed by atoms with Crippen molar-refractivity contribution in [3.63, 3.8) is 0 Å². The van der Waals surface area contributed by atoms with E-state index in [0.29, 0.717) is 16.3 Å². The fraction of sp³-hybridized carbons (Fsp3) is 0.0667. The number of imide groups is 2. The molecule has 0 radical (unpaired) electrons. The second-order valence-electron chi connectivity index (χ2n) is 8.57. The summed E-state index contributed by atoms with van der Waals surface area (Å²) in [4.78, 5) is 51.7. The van der Waals surface area contributed by atoms with Crippen LogP contribution in [-0.4, -0.2) is 30.9 Å². The van der Waals surface area contributed by atoms with Crippen molar-refractivity contribution in [3.05, 3.63) is 112 Å². The molecule has 0 aliphatic carbocycles. The maximum Gasteiger partial charge on any atom is 0.337 e. The van der Waals surface area contributed by atoms with Gasteiger partial charge in [-0.1, -0.05) is 60.1 Å². The average molecular weight is 541 g/mol. The Morgan fingerprint density at radius 2 is 1.64 bits per heavy atom. The number of rotatable bonds is 6. The minimum atomic E-state index is -0.902. The largest absolute Gasteiger partial charge is 0.488 e. The first-order chi connectivity index (χ1) is 18.9. The molecule has 1 heterocycles. The summed E-state index contributed by atoms with van der Waals surface area (Å²) in [6.07, 6.45) is 1.42. The third-order valence-electron chi connectivity index (χ3n) is 6.21. The zero-order valence-electron chi connectivity index (χ0n) is 20.6. The van der Waals surface area contributed by atoms with E-state index >= 15 is 0 Å². The van der Waals surface area contributed by atoms with Gasteiger partial charge in [0.2, 0.25) is 0 Å². The highest BCUT2D eigenvalue weighted by Gasteiger charge is 2.37. The molecule has 0 atom stereocenters. The van der Waals surface area contributed by atoms with Crippen molar-refractivity contribution in [1.29, 1.82) is 0 Å². The minimum Gasteiger partial charge on any atom is -0.488 e. The van der Waals surface area contributed by atoms with Gasteiger partial charge in [-0.15, -0.1) is 0 Å². The van der Waals surface area contributed by atoms with Crippen molar-refractivity contribution in [2.75, 3.05) is 12.0 Å². The van der Waals surface area contributed by atoms with E-state index < -0.39 is 23.8 Å². The normalized spacial score (nSPS) is 14.5. The molecular weight excluding hydrogens is 520 g/mol. The molecule has 8 nitrogen and oxygen atoms in total. The molecule has 1 saturated heterocycles. The number of benzene rings is 4. The Labute approximate surface area is 228 Å². The standard InChI is InChI=1S/C30H21ClN2O6/c1-38-29(36)19-10-13-21(14-11-19)33-28(35)24(27(34)32-30(33)37)16-23-22-8-4-2-6-18(22)12-15-26(23)39-17-20-7-3-5-9-25(20)31/h2-16H,17H2,1H3,(H,32,34,37)/b24-16+. The number of carbonyl (C=O) groups is 4. The second-order valence-corrected chi connectivity index (χ2v) is 8.98. The van der Waals surface area contributed by atoms with Crippen LogP contribution in [0.25, 0.3) is 16.8 Å². The first-order valence-electron chi connectivity index (χ1n) is 11.8. The number of esters is 1. The SMILES string of the molecule is COC(=O)c1ccc(N2C(=O)NC(=O)/C(=C\c3c(OCc4ccccc4Cl)ccc4ccccc34)C2=O)cc1. The Bertz CT molecular complexity index is 1660. The summed E-state index contributed by atoms with van der Waals surface area (Å²) in [5.41, 5.74) is 1.43. The predicted molar refractivity (Wildman–Crippen MR) is 147 cm³/mol. The summed E-state index contributed by atoms with van der Waals surface area (Å²) in [7, 11) is 1.25. The number of ether oxygens (including phenoxy) is 2. The van der Waals surface area contributed by atoms with Gasteiger partial charge >= 0.3 is 12.0 Å². The van der Waals surface area contributed by atoms with E-state index in [4.69, 9.17) is 21.1 Å². The van der Waals surface area contributed by atoms with Crippen molar-refractivity contribution in [2.24, 2.45) is 0 Å². The Kier molecular flexibility index (Phi) is 7.12. The van der Waals surface area contributed by atoms with E-state index in [-0.39, 0.29) is 23.4 Å². The molecule has 4 aromatic carbocycles. The molecule has 39 heavy (non-hydrogen) atoms. The zero-order valence-corrected chi connectivity index (χ0v) is 21.4. The summed E-state index contributed by atoms with van der Waals surface area (Å²) in [6, 6.07) is 23.2. The van der Waals surface area contributed by atoms with E-state index in [1.165, 1.54) is 37.5 Å². The van der Waals surface area contributed by atoms with E-state index in [1.54, 1.807) is 12.1 Å². The molecule has 1 aliphatic rings. The van der Waals surface area contributed by atoms with E-state index in [0.717, 1.165) is 21.2 Å². The minimum absolute atomic E-state index is 0.158. The summed E-state index contributed by atoms with van der Waals surface area (Å²) < 4.78 is 10.8. The number of nitrogens with zero attached hydrogens (tertiary/aromatic N) is 1. The highest BCUT2D eigenvalue weighted by molar-refractivity contribution is 6.39. The maximum absolute atomic E-state index is 13.5. The van der Waals surface area contributed by atoms with Crippen LogP contribution in [0.4, 0.5) is 10.5 Å². The number of hydrogen-bond donors (Lipinski definition) is 1. The van der Waals surface area contributed by atoms with Gasteiger partial charge in [-0.25, -0.2) is 14.5 Å². The van der Waals surface area contributed by atoms with E-state index in [9.17, 15) is 19.2 Å². The number of amides is 4. The van der Waals surface area contributed by atoms with Gasteiger partial charge in [0.15, 0.2) is 0 Å². The summed E-state index contributed by atoms with van der Waals surface area (Å²) in [5, 5.41) is 4.38. The molecule has 0 unspecified atom stereocenters. The van der Waals surface area contributed by atoms with Crippen LogP contribution in [-0.2, 0) is 20.9 Å². The number of halogens is 1. The topological polar surface area (TPSA) is 102 Å². The van der Waals surface area contributed by atoms with Crippen molar-refractivity contribution in [1.82, 2.24) is 5.32 Å². The predicted octanol–water partition coefficient (Wildman–Crippen LogP) is 5.53. The Balaban J connectivity index is 1.55. The summed E-state index contributed by atoms with van der Waals surface area (Å²) in [6.45, 7) is 0.158. The molecule has 9 heteroatoms. The van der Waals surface area contributed by atoms with Gasteiger partial charge in [0.1, 0.15) is 17.9 Å². The first kappa shape index (κ1) is 25.7. The van der Waals surface area contributed by atoms with Crippen LogP contribution in [0, 0.1) is 0 Å². The Morgan fingerprint density at radius 1 is 0.923 bits per heavy atom.